The van der Waals surface area contributed by atoms with E-state index in [0.717, 1.165) is 86.5 Å². The van der Waals surface area contributed by atoms with Crippen molar-refractivity contribution in [2.24, 2.45) is 0 Å². The molecular weight excluding hydrogens is 939 g/mol. The quantitative estimate of drug-likeness (QED) is 0.0883. The molecule has 4 rings (SSSR count). The molecule has 0 radical (unpaired) electrons. The van der Waals surface area contributed by atoms with E-state index in [0.29, 0.717) is 13.0 Å². The lowest BCUT2D eigenvalue weighted by Crippen LogP contribution is -2.70. The van der Waals surface area contributed by atoms with Crippen LogP contribution in [0.4, 0.5) is 0 Å². The fourth-order valence-corrected chi connectivity index (χ4v) is 8.82. The molecule has 1 N–H and O–H groups in total. The third-order valence-corrected chi connectivity index (χ3v) is 11.9. The van der Waals surface area contributed by atoms with Gasteiger partial charge in [-0.25, -0.2) is 4.79 Å². The third kappa shape index (κ3) is 18.1. The van der Waals surface area contributed by atoms with Crippen molar-refractivity contribution >= 4 is 47.8 Å². The van der Waals surface area contributed by atoms with Gasteiger partial charge in [0, 0.05) is 55.0 Å². The molecule has 0 unspecified atom stereocenters. The number of unbranched alkanes of at least 4 members (excludes halogenated alkanes) is 7. The smallest absolute Gasteiger partial charge is 0.338 e. The highest BCUT2D eigenvalue weighted by Crippen LogP contribution is 2.37. The standard InChI is InChI=1S/C49H71NO21/c1-10-11-12-13-14-15-16-20-23-50-24-37(63-30(5)53)43(71-49-46(67-34(9)57)45(66-33(8)56)40(27(2)62-49)64-31(6)54)41(36(50)25-60-28(3)51)70-48-44(69-47(59)35-21-18-17-19-22-35)39(58)42(65-32(7)55)38(68-48)26-61-29(4)52/h17-19,21-22,27,36-46,48-49,58H,10-16,20,23-26H2,1-9H3/t27-,36+,37-,38+,39-,40+,41+,42-,43+,44+,45+,46-,48-,49-/m0/s1. The van der Waals surface area contributed by atoms with Gasteiger partial charge in [-0.15, -0.1) is 0 Å². The molecule has 3 heterocycles. The Labute approximate surface area is 413 Å². The lowest BCUT2D eigenvalue weighted by molar-refractivity contribution is -0.356. The van der Waals surface area contributed by atoms with Crippen LogP contribution in [0.1, 0.15) is 124 Å². The Hall–Kier alpha value is -5.26. The van der Waals surface area contributed by atoms with Crippen molar-refractivity contribution < 1.29 is 100 Å². The molecule has 1 aromatic rings. The molecule has 0 spiro atoms. The van der Waals surface area contributed by atoms with E-state index in [1.165, 1.54) is 26.0 Å². The summed E-state index contributed by atoms with van der Waals surface area (Å²) in [5.41, 5.74) is 0.0528. The molecule has 3 aliphatic heterocycles. The second-order valence-corrected chi connectivity index (χ2v) is 17.8. The Kier molecular flexibility index (Phi) is 23.6. The molecule has 22 heteroatoms. The van der Waals surface area contributed by atoms with Crippen molar-refractivity contribution in [1.82, 2.24) is 4.90 Å². The number of benzene rings is 1. The van der Waals surface area contributed by atoms with Crippen LogP contribution >= 0.6 is 0 Å². The number of piperidine rings is 1. The number of carbonyl (C=O) groups excluding carboxylic acids is 8. The summed E-state index contributed by atoms with van der Waals surface area (Å²) in [5, 5.41) is 12.1. The number of hydrogen-bond acceptors (Lipinski definition) is 22. The van der Waals surface area contributed by atoms with Crippen LogP contribution in [-0.4, -0.2) is 170 Å². The Morgan fingerprint density at radius 3 is 1.63 bits per heavy atom. The average Bonchev–Trinajstić information content (AvgIpc) is 3.28. The number of hydrogen-bond donors (Lipinski definition) is 1. The van der Waals surface area contributed by atoms with Crippen LogP contribution in [0.25, 0.3) is 0 Å². The Morgan fingerprint density at radius 1 is 0.549 bits per heavy atom. The van der Waals surface area contributed by atoms with E-state index in [9.17, 15) is 43.5 Å². The number of likely N-dealkylation sites (tertiary alicyclic amines) is 1. The van der Waals surface area contributed by atoms with Crippen molar-refractivity contribution in [1.29, 1.82) is 0 Å². The van der Waals surface area contributed by atoms with E-state index in [4.69, 9.17) is 56.8 Å². The van der Waals surface area contributed by atoms with Crippen LogP contribution < -0.4 is 0 Å². The summed E-state index contributed by atoms with van der Waals surface area (Å²) in [7, 11) is 0. The summed E-state index contributed by atoms with van der Waals surface area (Å²) in [4.78, 5) is 104. The fourth-order valence-electron chi connectivity index (χ4n) is 8.82. The number of ether oxygens (including phenoxy) is 12. The third-order valence-electron chi connectivity index (χ3n) is 11.9. The first kappa shape index (κ1) is 58.3. The monoisotopic (exact) mass is 1010 g/mol. The predicted octanol–water partition coefficient (Wildman–Crippen LogP) is 3.42. The molecule has 0 aromatic heterocycles. The maximum Gasteiger partial charge on any atom is 0.338 e. The van der Waals surface area contributed by atoms with Gasteiger partial charge in [-0.1, -0.05) is 70.1 Å². The zero-order chi connectivity index (χ0) is 52.4. The fraction of sp³-hybridized carbons (Fsp3) is 0.714. The maximum atomic E-state index is 13.8. The van der Waals surface area contributed by atoms with Gasteiger partial charge in [0.15, 0.2) is 43.1 Å². The topological polar surface area (TPSA) is 271 Å². The van der Waals surface area contributed by atoms with Gasteiger partial charge in [0.1, 0.15) is 43.7 Å². The van der Waals surface area contributed by atoms with Gasteiger partial charge in [0.2, 0.25) is 0 Å². The van der Waals surface area contributed by atoms with Crippen LogP contribution in [-0.2, 0) is 90.4 Å². The summed E-state index contributed by atoms with van der Waals surface area (Å²) in [6.07, 6.45) is -12.5. The molecule has 3 aliphatic rings. The minimum atomic E-state index is -1.92. The summed E-state index contributed by atoms with van der Waals surface area (Å²) in [6.45, 7) is 10.8. The highest BCUT2D eigenvalue weighted by Gasteiger charge is 2.58. The van der Waals surface area contributed by atoms with Crippen LogP contribution in [0.3, 0.4) is 0 Å². The molecule has 398 valence electrons. The van der Waals surface area contributed by atoms with Gasteiger partial charge >= 0.3 is 47.8 Å². The normalized spacial score (nSPS) is 29.7. The molecule has 0 saturated carbocycles. The summed E-state index contributed by atoms with van der Waals surface area (Å²) >= 11 is 0. The lowest BCUT2D eigenvalue weighted by Gasteiger charge is -2.52. The molecule has 0 amide bonds. The van der Waals surface area contributed by atoms with Crippen LogP contribution in [0.5, 0.6) is 0 Å². The van der Waals surface area contributed by atoms with Crippen molar-refractivity contribution in [3.8, 4) is 0 Å². The molecule has 3 saturated heterocycles. The van der Waals surface area contributed by atoms with Gasteiger partial charge in [0.25, 0.3) is 0 Å². The molecule has 1 aromatic carbocycles. The maximum absolute atomic E-state index is 13.8. The second-order valence-electron chi connectivity index (χ2n) is 17.8. The second kappa shape index (κ2) is 28.7. The first-order chi connectivity index (χ1) is 33.7. The minimum absolute atomic E-state index is 0.0528. The summed E-state index contributed by atoms with van der Waals surface area (Å²) in [5.74, 6) is -6.52. The number of aliphatic hydroxyl groups is 1. The zero-order valence-corrected chi connectivity index (χ0v) is 42.0. The number of carbonyl (C=O) groups is 8. The average molecular weight is 1010 g/mol. The number of esters is 8. The molecule has 0 bridgehead atoms. The largest absolute Gasteiger partial charge is 0.464 e. The van der Waals surface area contributed by atoms with E-state index < -0.39 is 140 Å². The van der Waals surface area contributed by atoms with E-state index >= 15 is 0 Å². The highest BCUT2D eigenvalue weighted by atomic mass is 16.8. The molecule has 71 heavy (non-hydrogen) atoms. The molecule has 22 nitrogen and oxygen atoms in total. The predicted molar refractivity (Wildman–Crippen MR) is 243 cm³/mol. The molecular formula is C49H71NO21. The Bertz CT molecular complexity index is 1930. The zero-order valence-electron chi connectivity index (χ0n) is 42.0. The van der Waals surface area contributed by atoms with Gasteiger partial charge in [-0.2, -0.15) is 0 Å². The molecule has 14 atom stereocenters. The summed E-state index contributed by atoms with van der Waals surface area (Å²) in [6, 6.07) is 6.69. The Balaban J connectivity index is 1.92. The van der Waals surface area contributed by atoms with Crippen molar-refractivity contribution in [3.63, 3.8) is 0 Å². The first-order valence-electron chi connectivity index (χ1n) is 24.1. The molecule has 3 fully saturated rings. The van der Waals surface area contributed by atoms with Crippen molar-refractivity contribution in [3.05, 3.63) is 35.9 Å². The highest BCUT2D eigenvalue weighted by molar-refractivity contribution is 5.89. The Morgan fingerprint density at radius 2 is 1.06 bits per heavy atom. The first-order valence-corrected chi connectivity index (χ1v) is 24.1. The number of nitrogens with zero attached hydrogens (tertiary/aromatic N) is 1. The van der Waals surface area contributed by atoms with Crippen LogP contribution in [0.15, 0.2) is 30.3 Å². The van der Waals surface area contributed by atoms with E-state index in [1.54, 1.807) is 18.2 Å². The van der Waals surface area contributed by atoms with Gasteiger partial charge in [0.05, 0.1) is 17.7 Å². The van der Waals surface area contributed by atoms with E-state index in [2.05, 4.69) is 6.92 Å². The van der Waals surface area contributed by atoms with Gasteiger partial charge in [-0.05, 0) is 32.0 Å². The number of aliphatic hydroxyl groups excluding tert-OH is 1. The van der Waals surface area contributed by atoms with Gasteiger partial charge in [-0.3, -0.25) is 38.5 Å². The lowest BCUT2D eigenvalue weighted by atomic mass is 9.91. The van der Waals surface area contributed by atoms with Crippen LogP contribution in [0.2, 0.25) is 0 Å². The minimum Gasteiger partial charge on any atom is -0.464 e. The SMILES string of the molecule is CCCCCCCCCCN1C[C@H](OC(C)=O)[C@@H](O[C@@H]2O[C@@H](C)[C@@H](OC(C)=O)[C@@H](OC(C)=O)[C@@H]2OC(C)=O)[C@H](O[C@@H]2O[C@H](COC(C)=O)[C@H](OC(C)=O)[C@H](O)[C@H]2OC(=O)c2ccccc2)[C@H]1COC(C)=O. The van der Waals surface area contributed by atoms with Gasteiger partial charge < -0.3 is 61.9 Å². The van der Waals surface area contributed by atoms with E-state index in [-0.39, 0.29) is 18.7 Å². The van der Waals surface area contributed by atoms with Crippen LogP contribution in [0, 0.1) is 0 Å². The molecule has 0 aliphatic carbocycles. The van der Waals surface area contributed by atoms with E-state index in [1.807, 2.05) is 4.90 Å². The van der Waals surface area contributed by atoms with Crippen molar-refractivity contribution in [2.75, 3.05) is 26.3 Å². The number of rotatable bonds is 24. The van der Waals surface area contributed by atoms with Crippen molar-refractivity contribution in [2.45, 2.75) is 199 Å². The summed E-state index contributed by atoms with van der Waals surface area (Å²) < 4.78 is 71.4.